The lowest BCUT2D eigenvalue weighted by molar-refractivity contribution is 0.433. The van der Waals surface area contributed by atoms with Gasteiger partial charge in [0.25, 0.3) is 0 Å². The first kappa shape index (κ1) is 21.3. The number of benzene rings is 2. The quantitative estimate of drug-likeness (QED) is 0.415. The SMILES string of the molecule is CCCCCCCCCCc1cccc(O)c1C(C)(C)c1ccccc1O. The fraction of sp³-hybridized carbons (Fsp3) is 0.520. The highest BCUT2D eigenvalue weighted by atomic mass is 16.3. The summed E-state index contributed by atoms with van der Waals surface area (Å²) < 4.78 is 0. The van der Waals surface area contributed by atoms with Gasteiger partial charge in [0.05, 0.1) is 0 Å². The van der Waals surface area contributed by atoms with Gasteiger partial charge >= 0.3 is 0 Å². The van der Waals surface area contributed by atoms with E-state index < -0.39 is 5.41 Å². The van der Waals surface area contributed by atoms with Crippen molar-refractivity contribution in [3.05, 3.63) is 59.2 Å². The van der Waals surface area contributed by atoms with Crippen molar-refractivity contribution in [2.45, 2.75) is 84.0 Å². The molecule has 0 heterocycles. The molecule has 2 rings (SSSR count). The summed E-state index contributed by atoms with van der Waals surface area (Å²) in [6, 6.07) is 13.2. The molecular formula is C25H36O2. The Morgan fingerprint density at radius 2 is 1.30 bits per heavy atom. The van der Waals surface area contributed by atoms with Crippen LogP contribution in [0.5, 0.6) is 11.5 Å². The summed E-state index contributed by atoms with van der Waals surface area (Å²) in [6.07, 6.45) is 11.3. The summed E-state index contributed by atoms with van der Waals surface area (Å²) in [7, 11) is 0. The van der Waals surface area contributed by atoms with Gasteiger partial charge in [0.15, 0.2) is 0 Å². The van der Waals surface area contributed by atoms with Gasteiger partial charge in [-0.2, -0.15) is 0 Å². The topological polar surface area (TPSA) is 40.5 Å². The van der Waals surface area contributed by atoms with Crippen LogP contribution in [0.4, 0.5) is 0 Å². The van der Waals surface area contributed by atoms with Crippen LogP contribution in [0.15, 0.2) is 42.5 Å². The number of aryl methyl sites for hydroxylation is 1. The van der Waals surface area contributed by atoms with Gasteiger partial charge in [-0.3, -0.25) is 0 Å². The fourth-order valence-corrected chi connectivity index (χ4v) is 4.10. The number of phenolic OH excluding ortho intramolecular Hbond substituents is 2. The lowest BCUT2D eigenvalue weighted by atomic mass is 9.74. The van der Waals surface area contributed by atoms with Crippen LogP contribution in [-0.4, -0.2) is 10.2 Å². The van der Waals surface area contributed by atoms with E-state index in [1.165, 1.54) is 50.5 Å². The average molecular weight is 369 g/mol. The maximum absolute atomic E-state index is 10.6. The molecule has 0 unspecified atom stereocenters. The molecule has 0 aromatic heterocycles. The Morgan fingerprint density at radius 1 is 0.704 bits per heavy atom. The van der Waals surface area contributed by atoms with Crippen molar-refractivity contribution in [3.8, 4) is 11.5 Å². The molecule has 0 radical (unpaired) electrons. The van der Waals surface area contributed by atoms with Crippen LogP contribution in [0.3, 0.4) is 0 Å². The molecule has 0 saturated carbocycles. The second-order valence-corrected chi connectivity index (χ2v) is 8.18. The molecule has 0 aliphatic heterocycles. The number of aromatic hydroxyl groups is 2. The predicted octanol–water partition coefficient (Wildman–Crippen LogP) is 7.11. The van der Waals surface area contributed by atoms with Gasteiger partial charge in [-0.25, -0.2) is 0 Å². The molecule has 2 aromatic carbocycles. The van der Waals surface area contributed by atoms with Crippen LogP contribution in [0.2, 0.25) is 0 Å². The smallest absolute Gasteiger partial charge is 0.119 e. The van der Waals surface area contributed by atoms with Crippen molar-refractivity contribution in [1.82, 2.24) is 0 Å². The summed E-state index contributed by atoms with van der Waals surface area (Å²) in [4.78, 5) is 0. The third-order valence-corrected chi connectivity index (χ3v) is 5.63. The van der Waals surface area contributed by atoms with Gasteiger partial charge in [0.2, 0.25) is 0 Å². The zero-order chi connectivity index (χ0) is 19.7. The Morgan fingerprint density at radius 3 is 1.96 bits per heavy atom. The molecule has 0 spiro atoms. The number of para-hydroxylation sites is 1. The third-order valence-electron chi connectivity index (χ3n) is 5.63. The third kappa shape index (κ3) is 5.76. The van der Waals surface area contributed by atoms with E-state index in [2.05, 4.69) is 26.8 Å². The molecule has 2 N–H and O–H groups in total. The molecule has 2 nitrogen and oxygen atoms in total. The highest BCUT2D eigenvalue weighted by Crippen LogP contribution is 2.42. The molecule has 0 fully saturated rings. The van der Waals surface area contributed by atoms with Gasteiger partial charge in [-0.15, -0.1) is 0 Å². The van der Waals surface area contributed by atoms with Crippen LogP contribution >= 0.6 is 0 Å². The second-order valence-electron chi connectivity index (χ2n) is 8.18. The molecule has 0 aliphatic carbocycles. The first-order valence-corrected chi connectivity index (χ1v) is 10.6. The molecule has 0 atom stereocenters. The van der Waals surface area contributed by atoms with Crippen molar-refractivity contribution in [3.63, 3.8) is 0 Å². The maximum Gasteiger partial charge on any atom is 0.119 e. The number of hydrogen-bond donors (Lipinski definition) is 2. The maximum atomic E-state index is 10.6. The van der Waals surface area contributed by atoms with Crippen molar-refractivity contribution in [1.29, 1.82) is 0 Å². The zero-order valence-corrected chi connectivity index (χ0v) is 17.3. The summed E-state index contributed by atoms with van der Waals surface area (Å²) >= 11 is 0. The van der Waals surface area contributed by atoms with Crippen LogP contribution in [0.25, 0.3) is 0 Å². The average Bonchev–Trinajstić information content (AvgIpc) is 2.64. The molecule has 27 heavy (non-hydrogen) atoms. The molecular weight excluding hydrogens is 332 g/mol. The monoisotopic (exact) mass is 368 g/mol. The van der Waals surface area contributed by atoms with Gasteiger partial charge in [-0.05, 0) is 30.5 Å². The summed E-state index contributed by atoms with van der Waals surface area (Å²) in [5, 5.41) is 21.0. The standard InChI is InChI=1S/C25H36O2/c1-4-5-6-7-8-9-10-11-15-20-16-14-19-23(27)24(20)25(2,3)21-17-12-13-18-22(21)26/h12-14,16-19,26-27H,4-11,15H2,1-3H3. The van der Waals surface area contributed by atoms with E-state index in [-0.39, 0.29) is 5.75 Å². The Balaban J connectivity index is 2.05. The molecule has 148 valence electrons. The molecule has 2 aromatic rings. The highest BCUT2D eigenvalue weighted by molar-refractivity contribution is 5.53. The van der Waals surface area contributed by atoms with Crippen molar-refractivity contribution in [2.24, 2.45) is 0 Å². The molecule has 0 saturated heterocycles. The van der Waals surface area contributed by atoms with E-state index >= 15 is 0 Å². The molecule has 0 aliphatic rings. The van der Waals surface area contributed by atoms with E-state index in [1.54, 1.807) is 12.1 Å². The normalized spacial score (nSPS) is 11.7. The Hall–Kier alpha value is -1.96. The number of unbranched alkanes of at least 4 members (excludes halogenated alkanes) is 7. The second kappa shape index (κ2) is 10.4. The number of hydrogen-bond acceptors (Lipinski definition) is 2. The Bertz CT molecular complexity index is 703. The van der Waals surface area contributed by atoms with Crippen molar-refractivity contribution >= 4 is 0 Å². The van der Waals surface area contributed by atoms with Crippen molar-refractivity contribution < 1.29 is 10.2 Å². The minimum atomic E-state index is -0.452. The van der Waals surface area contributed by atoms with Crippen LogP contribution in [-0.2, 0) is 11.8 Å². The first-order valence-electron chi connectivity index (χ1n) is 10.6. The summed E-state index contributed by atoms with van der Waals surface area (Å²) in [5.41, 5.74) is 2.53. The highest BCUT2D eigenvalue weighted by Gasteiger charge is 2.30. The lowest BCUT2D eigenvalue weighted by Gasteiger charge is -2.30. The zero-order valence-electron chi connectivity index (χ0n) is 17.3. The van der Waals surface area contributed by atoms with E-state index in [0.29, 0.717) is 5.75 Å². The summed E-state index contributed by atoms with van der Waals surface area (Å²) in [6.45, 7) is 6.41. The first-order chi connectivity index (χ1) is 13.0. The van der Waals surface area contributed by atoms with E-state index in [9.17, 15) is 10.2 Å². The molecule has 0 amide bonds. The van der Waals surface area contributed by atoms with E-state index in [0.717, 1.165) is 24.0 Å². The largest absolute Gasteiger partial charge is 0.508 e. The van der Waals surface area contributed by atoms with Gasteiger partial charge < -0.3 is 10.2 Å². The van der Waals surface area contributed by atoms with Crippen LogP contribution in [0, 0.1) is 0 Å². The number of rotatable bonds is 11. The molecule has 2 heteroatoms. The van der Waals surface area contributed by atoms with E-state index in [4.69, 9.17) is 0 Å². The van der Waals surface area contributed by atoms with Gasteiger partial charge in [0.1, 0.15) is 11.5 Å². The van der Waals surface area contributed by atoms with E-state index in [1.807, 2.05) is 24.3 Å². The van der Waals surface area contributed by atoms with Crippen LogP contribution in [0.1, 0.15) is 88.8 Å². The molecule has 0 bridgehead atoms. The predicted molar refractivity (Wildman–Crippen MR) is 115 cm³/mol. The minimum Gasteiger partial charge on any atom is -0.508 e. The fourth-order valence-electron chi connectivity index (χ4n) is 4.10. The summed E-state index contributed by atoms with van der Waals surface area (Å²) in [5.74, 6) is 0.601. The minimum absolute atomic E-state index is 0.281. The number of phenols is 2. The Labute approximate surface area is 165 Å². The van der Waals surface area contributed by atoms with Gasteiger partial charge in [-0.1, -0.05) is 96.0 Å². The lowest BCUT2D eigenvalue weighted by Crippen LogP contribution is -2.21. The van der Waals surface area contributed by atoms with Crippen molar-refractivity contribution in [2.75, 3.05) is 0 Å². The Kier molecular flexibility index (Phi) is 8.22. The van der Waals surface area contributed by atoms with Crippen LogP contribution < -0.4 is 0 Å². The van der Waals surface area contributed by atoms with Gasteiger partial charge in [0, 0.05) is 16.5 Å².